The Morgan fingerprint density at radius 3 is 2.50 bits per heavy atom. The van der Waals surface area contributed by atoms with Crippen LogP contribution in [0.4, 0.5) is 5.69 Å². The first-order valence-corrected chi connectivity index (χ1v) is 5.05. The van der Waals surface area contributed by atoms with E-state index >= 15 is 0 Å². The molecule has 0 aliphatic carbocycles. The topological polar surface area (TPSA) is 83.8 Å². The minimum atomic E-state index is -4.21. The van der Waals surface area contributed by atoms with Gasteiger partial charge in [-0.25, -0.2) is 4.79 Å². The van der Waals surface area contributed by atoms with Gasteiger partial charge in [-0.3, -0.25) is 4.55 Å². The molecule has 1 rings (SSSR count). The first kappa shape index (κ1) is 10.6. The molecule has 0 amide bonds. The second kappa shape index (κ2) is 3.71. The van der Waals surface area contributed by atoms with Crippen LogP contribution in [0.1, 0.15) is 5.56 Å². The highest BCUT2D eigenvalue weighted by Gasteiger charge is 2.12. The van der Waals surface area contributed by atoms with Gasteiger partial charge < -0.3 is 0 Å². The normalized spacial score (nSPS) is 10.7. The molecule has 1 N–H and O–H groups in total. The third-order valence-electron chi connectivity index (χ3n) is 1.61. The summed E-state index contributed by atoms with van der Waals surface area (Å²) in [6, 6.07) is 3.86. The van der Waals surface area contributed by atoms with Gasteiger partial charge in [0.1, 0.15) is 0 Å². The zero-order chi connectivity index (χ0) is 10.8. The summed E-state index contributed by atoms with van der Waals surface area (Å²) in [4.78, 5) is 13.0. The van der Waals surface area contributed by atoms with E-state index in [-0.39, 0.29) is 4.90 Å². The minimum Gasteiger partial charge on any atom is -0.282 e. The van der Waals surface area contributed by atoms with Crippen LogP contribution in [0.25, 0.3) is 0 Å². The highest BCUT2D eigenvalue weighted by molar-refractivity contribution is 7.85. The van der Waals surface area contributed by atoms with Crippen molar-refractivity contribution in [1.29, 1.82) is 0 Å². The summed E-state index contributed by atoms with van der Waals surface area (Å²) < 4.78 is 30.3. The Hall–Kier alpha value is -1.49. The number of benzene rings is 1. The number of rotatable bonds is 2. The predicted molar refractivity (Wildman–Crippen MR) is 48.8 cm³/mol. The molecule has 0 saturated carbocycles. The van der Waals surface area contributed by atoms with Crippen LogP contribution in [-0.4, -0.2) is 19.1 Å². The summed E-state index contributed by atoms with van der Waals surface area (Å²) in [7, 11) is -4.21. The predicted octanol–water partition coefficient (Wildman–Crippen LogP) is 1.21. The van der Waals surface area contributed by atoms with Gasteiger partial charge in [0.05, 0.1) is 10.6 Å². The molecule has 1 aromatic carbocycles. The third-order valence-corrected chi connectivity index (χ3v) is 2.63. The van der Waals surface area contributed by atoms with Crippen molar-refractivity contribution >= 4 is 21.9 Å². The fourth-order valence-electron chi connectivity index (χ4n) is 1.05. The van der Waals surface area contributed by atoms with Crippen LogP contribution in [0, 0.1) is 6.92 Å². The van der Waals surface area contributed by atoms with E-state index in [1.165, 1.54) is 31.2 Å². The lowest BCUT2D eigenvalue weighted by Crippen LogP contribution is -2.00. The first-order chi connectivity index (χ1) is 6.45. The quantitative estimate of drug-likeness (QED) is 0.454. The fourth-order valence-corrected chi connectivity index (χ4v) is 1.75. The molecule has 0 spiro atoms. The molecule has 0 aliphatic rings. The van der Waals surface area contributed by atoms with Gasteiger partial charge in [0.15, 0.2) is 0 Å². The smallest absolute Gasteiger partial charge is 0.282 e. The number of aryl methyl sites for hydroxylation is 1. The van der Waals surface area contributed by atoms with Crippen molar-refractivity contribution in [2.24, 2.45) is 4.99 Å². The van der Waals surface area contributed by atoms with Crippen molar-refractivity contribution in [3.8, 4) is 0 Å². The summed E-state index contributed by atoms with van der Waals surface area (Å²) in [6.45, 7) is 1.49. The lowest BCUT2D eigenvalue weighted by atomic mass is 10.2. The van der Waals surface area contributed by atoms with Crippen molar-refractivity contribution in [1.82, 2.24) is 0 Å². The zero-order valence-electron chi connectivity index (χ0n) is 7.26. The molecule has 5 nitrogen and oxygen atoms in total. The molecule has 0 radical (unpaired) electrons. The van der Waals surface area contributed by atoms with E-state index in [0.717, 1.165) is 0 Å². The van der Waals surface area contributed by atoms with Gasteiger partial charge in [0.25, 0.3) is 10.1 Å². The Morgan fingerprint density at radius 2 is 2.07 bits per heavy atom. The van der Waals surface area contributed by atoms with Gasteiger partial charge in [-0.1, -0.05) is 0 Å². The van der Waals surface area contributed by atoms with Crippen molar-refractivity contribution in [2.45, 2.75) is 11.8 Å². The summed E-state index contributed by atoms with van der Waals surface area (Å²) in [6.07, 6.45) is 1.33. The van der Waals surface area contributed by atoms with E-state index in [4.69, 9.17) is 4.55 Å². The summed E-state index contributed by atoms with van der Waals surface area (Å²) >= 11 is 0. The van der Waals surface area contributed by atoms with Crippen LogP contribution >= 0.6 is 0 Å². The second-order valence-electron chi connectivity index (χ2n) is 2.63. The highest BCUT2D eigenvalue weighted by atomic mass is 32.2. The van der Waals surface area contributed by atoms with E-state index < -0.39 is 10.1 Å². The molecule has 0 aliphatic heterocycles. The average Bonchev–Trinajstić information content (AvgIpc) is 2.02. The van der Waals surface area contributed by atoms with Gasteiger partial charge >= 0.3 is 0 Å². The van der Waals surface area contributed by atoms with E-state index in [0.29, 0.717) is 11.3 Å². The van der Waals surface area contributed by atoms with Crippen LogP contribution in [0.5, 0.6) is 0 Å². The molecule has 0 fully saturated rings. The molecule has 1 aromatic rings. The SMILES string of the molecule is Cc1cc(N=C=O)ccc1S(=O)(=O)O. The van der Waals surface area contributed by atoms with Crippen LogP contribution in [0.2, 0.25) is 0 Å². The molecule has 0 unspecified atom stereocenters. The van der Waals surface area contributed by atoms with Crippen molar-refractivity contribution in [2.75, 3.05) is 0 Å². The monoisotopic (exact) mass is 213 g/mol. The maximum Gasteiger partial charge on any atom is 0.294 e. The molecule has 74 valence electrons. The first-order valence-electron chi connectivity index (χ1n) is 3.61. The summed E-state index contributed by atoms with van der Waals surface area (Å²) in [5.41, 5.74) is 0.619. The van der Waals surface area contributed by atoms with Crippen molar-refractivity contribution < 1.29 is 17.8 Å². The Balaban J connectivity index is 3.35. The van der Waals surface area contributed by atoms with Gasteiger partial charge in [0, 0.05) is 0 Å². The lowest BCUT2D eigenvalue weighted by Gasteiger charge is -2.01. The van der Waals surface area contributed by atoms with Crippen LogP contribution < -0.4 is 0 Å². The van der Waals surface area contributed by atoms with E-state index in [2.05, 4.69) is 4.99 Å². The van der Waals surface area contributed by atoms with Crippen LogP contribution in [-0.2, 0) is 14.9 Å². The zero-order valence-corrected chi connectivity index (χ0v) is 8.08. The molecule has 0 aromatic heterocycles. The van der Waals surface area contributed by atoms with Gasteiger partial charge in [-0.2, -0.15) is 13.4 Å². The minimum absolute atomic E-state index is 0.192. The van der Waals surface area contributed by atoms with Gasteiger partial charge in [-0.05, 0) is 30.7 Å². The third kappa shape index (κ3) is 2.26. The summed E-state index contributed by atoms with van der Waals surface area (Å²) in [5.74, 6) is 0. The van der Waals surface area contributed by atoms with Crippen LogP contribution in [0.3, 0.4) is 0 Å². The Labute approximate surface area is 80.8 Å². The molecule has 0 saturated heterocycles. The van der Waals surface area contributed by atoms with Gasteiger partial charge in [0.2, 0.25) is 6.08 Å². The van der Waals surface area contributed by atoms with E-state index in [9.17, 15) is 13.2 Å². The Kier molecular flexibility index (Phi) is 2.81. The number of isocyanates is 1. The maximum absolute atomic E-state index is 10.8. The fraction of sp³-hybridized carbons (Fsp3) is 0.125. The average molecular weight is 213 g/mol. The Morgan fingerprint density at radius 1 is 1.43 bits per heavy atom. The highest BCUT2D eigenvalue weighted by Crippen LogP contribution is 2.20. The second-order valence-corrected chi connectivity index (χ2v) is 4.02. The Bertz CT molecular complexity index is 500. The summed E-state index contributed by atoms with van der Waals surface area (Å²) in [5, 5.41) is 0. The molecule has 0 atom stereocenters. The lowest BCUT2D eigenvalue weighted by molar-refractivity contribution is 0.482. The van der Waals surface area contributed by atoms with Crippen LogP contribution in [0.15, 0.2) is 28.1 Å². The van der Waals surface area contributed by atoms with Gasteiger partial charge in [-0.15, -0.1) is 0 Å². The molecule has 0 bridgehead atoms. The number of carbonyl (C=O) groups excluding carboxylic acids is 1. The number of nitrogens with zero attached hydrogens (tertiary/aromatic N) is 1. The maximum atomic E-state index is 10.8. The largest absolute Gasteiger partial charge is 0.294 e. The standard InChI is InChI=1S/C8H7NO4S/c1-6-4-7(9-5-10)2-3-8(6)14(11,12)13/h2-4H,1H3,(H,11,12,13). The molecule has 6 heteroatoms. The molecule has 0 heterocycles. The number of hydrogen-bond donors (Lipinski definition) is 1. The number of aliphatic imine (C=N–C) groups is 1. The van der Waals surface area contributed by atoms with Crippen molar-refractivity contribution in [3.63, 3.8) is 0 Å². The number of hydrogen-bond acceptors (Lipinski definition) is 4. The van der Waals surface area contributed by atoms with E-state index in [1.807, 2.05) is 0 Å². The van der Waals surface area contributed by atoms with Crippen molar-refractivity contribution in [3.05, 3.63) is 23.8 Å². The molecular weight excluding hydrogens is 206 g/mol. The molecule has 14 heavy (non-hydrogen) atoms. The molecular formula is C8H7NO4S. The van der Waals surface area contributed by atoms with E-state index in [1.54, 1.807) is 0 Å².